The Labute approximate surface area is 120 Å². The number of H-pyrrole nitrogens is 1. The molecule has 3 nitrogen and oxygen atoms in total. The molecule has 0 radical (unpaired) electrons. The first-order valence-corrected chi connectivity index (χ1v) is 6.84. The van der Waals surface area contributed by atoms with E-state index in [9.17, 15) is 13.6 Å². The molecule has 0 amide bonds. The second kappa shape index (κ2) is 5.31. The van der Waals surface area contributed by atoms with Crippen LogP contribution in [0, 0.1) is 17.6 Å². The predicted octanol–water partition coefficient (Wildman–Crippen LogP) is 3.70. The Bertz CT molecular complexity index is 690. The Morgan fingerprint density at radius 3 is 2.67 bits per heavy atom. The Balaban J connectivity index is 1.99. The summed E-state index contributed by atoms with van der Waals surface area (Å²) in [4.78, 5) is 15.0. The number of esters is 1. The number of rotatable bonds is 4. The van der Waals surface area contributed by atoms with Gasteiger partial charge in [0.25, 0.3) is 0 Å². The monoisotopic (exact) mass is 291 g/mol. The highest BCUT2D eigenvalue weighted by Crippen LogP contribution is 2.34. The molecule has 2 aromatic rings. The summed E-state index contributed by atoms with van der Waals surface area (Å²) in [5.74, 6) is -1.64. The molecular weight excluding hydrogens is 276 g/mol. The van der Waals surface area contributed by atoms with Crippen molar-refractivity contribution < 1.29 is 18.3 Å². The standard InChI is InChI=1S/C16H15F2NO2/c1-21-16(20)11-8-14(19-15(11)6-9-2-3-9)10-4-5-12(17)13(18)7-10/h4-5,7-9,19H,2-3,6H2,1H3. The number of benzene rings is 1. The van der Waals surface area contributed by atoms with E-state index in [1.165, 1.54) is 13.2 Å². The van der Waals surface area contributed by atoms with E-state index in [4.69, 9.17) is 4.74 Å². The smallest absolute Gasteiger partial charge is 0.339 e. The largest absolute Gasteiger partial charge is 0.465 e. The molecule has 0 spiro atoms. The molecule has 5 heteroatoms. The number of halogens is 2. The van der Waals surface area contributed by atoms with Gasteiger partial charge in [0.1, 0.15) is 0 Å². The third kappa shape index (κ3) is 2.82. The summed E-state index contributed by atoms with van der Waals surface area (Å²) in [6.45, 7) is 0. The molecule has 0 bridgehead atoms. The average Bonchev–Trinajstić information content (AvgIpc) is 3.19. The third-order valence-electron chi connectivity index (χ3n) is 3.72. The quantitative estimate of drug-likeness (QED) is 0.873. The molecule has 1 aliphatic rings. The molecule has 0 atom stereocenters. The fourth-order valence-electron chi connectivity index (χ4n) is 2.38. The van der Waals surface area contributed by atoms with Crippen LogP contribution < -0.4 is 0 Å². The SMILES string of the molecule is COC(=O)c1cc(-c2ccc(F)c(F)c2)[nH]c1CC1CC1. The minimum absolute atomic E-state index is 0.421. The van der Waals surface area contributed by atoms with Crippen LogP contribution >= 0.6 is 0 Å². The highest BCUT2D eigenvalue weighted by atomic mass is 19.2. The highest BCUT2D eigenvalue weighted by molar-refractivity contribution is 5.92. The number of carbonyl (C=O) groups is 1. The van der Waals surface area contributed by atoms with Crippen LogP contribution in [0.4, 0.5) is 8.78 Å². The van der Waals surface area contributed by atoms with Gasteiger partial charge in [0.05, 0.1) is 12.7 Å². The average molecular weight is 291 g/mol. The number of aromatic amines is 1. The van der Waals surface area contributed by atoms with E-state index < -0.39 is 17.6 Å². The zero-order chi connectivity index (χ0) is 15.0. The first-order valence-electron chi connectivity index (χ1n) is 6.84. The number of carbonyl (C=O) groups excluding carboxylic acids is 1. The van der Waals surface area contributed by atoms with Gasteiger partial charge in [-0.25, -0.2) is 13.6 Å². The summed E-state index contributed by atoms with van der Waals surface area (Å²) in [6, 6.07) is 5.30. The van der Waals surface area contributed by atoms with Crippen molar-refractivity contribution in [3.8, 4) is 11.3 Å². The Hall–Kier alpha value is -2.17. The maximum Gasteiger partial charge on any atom is 0.339 e. The Morgan fingerprint density at radius 2 is 2.05 bits per heavy atom. The number of hydrogen-bond donors (Lipinski definition) is 1. The number of hydrogen-bond acceptors (Lipinski definition) is 2. The number of methoxy groups -OCH3 is 1. The van der Waals surface area contributed by atoms with Gasteiger partial charge in [0.15, 0.2) is 11.6 Å². The summed E-state index contributed by atoms with van der Waals surface area (Å²) < 4.78 is 31.1. The van der Waals surface area contributed by atoms with Crippen LogP contribution in [-0.2, 0) is 11.2 Å². The van der Waals surface area contributed by atoms with Crippen LogP contribution in [-0.4, -0.2) is 18.1 Å². The summed E-state index contributed by atoms with van der Waals surface area (Å²) in [5, 5.41) is 0. The van der Waals surface area contributed by atoms with Crippen molar-refractivity contribution in [2.75, 3.05) is 7.11 Å². The van der Waals surface area contributed by atoms with Gasteiger partial charge in [-0.15, -0.1) is 0 Å². The van der Waals surface area contributed by atoms with Crippen LogP contribution in [0.3, 0.4) is 0 Å². The third-order valence-corrected chi connectivity index (χ3v) is 3.72. The van der Waals surface area contributed by atoms with E-state index in [1.807, 2.05) is 0 Å². The van der Waals surface area contributed by atoms with E-state index in [0.717, 1.165) is 37.1 Å². The molecule has 0 aliphatic heterocycles. The van der Waals surface area contributed by atoms with Crippen LogP contribution in [0.2, 0.25) is 0 Å². The van der Waals surface area contributed by atoms with Crippen molar-refractivity contribution in [2.45, 2.75) is 19.3 Å². The number of aromatic nitrogens is 1. The van der Waals surface area contributed by atoms with Crippen LogP contribution in [0.25, 0.3) is 11.3 Å². The molecule has 1 heterocycles. The van der Waals surface area contributed by atoms with Crippen LogP contribution in [0.1, 0.15) is 28.9 Å². The van der Waals surface area contributed by atoms with Gasteiger partial charge in [0.2, 0.25) is 0 Å². The van der Waals surface area contributed by atoms with Gasteiger partial charge in [-0.2, -0.15) is 0 Å². The van der Waals surface area contributed by atoms with Crippen LogP contribution in [0.5, 0.6) is 0 Å². The van der Waals surface area contributed by atoms with Crippen LogP contribution in [0.15, 0.2) is 24.3 Å². The Morgan fingerprint density at radius 1 is 1.29 bits per heavy atom. The number of ether oxygens (including phenoxy) is 1. The molecule has 1 saturated carbocycles. The summed E-state index contributed by atoms with van der Waals surface area (Å²) >= 11 is 0. The summed E-state index contributed by atoms with van der Waals surface area (Å²) in [6.07, 6.45) is 3.08. The van der Waals surface area contributed by atoms with E-state index in [-0.39, 0.29) is 0 Å². The van der Waals surface area contributed by atoms with Crippen molar-refractivity contribution >= 4 is 5.97 Å². The van der Waals surface area contributed by atoms with E-state index >= 15 is 0 Å². The molecule has 1 aliphatic carbocycles. The second-order valence-corrected chi connectivity index (χ2v) is 5.34. The molecule has 110 valence electrons. The zero-order valence-electron chi connectivity index (χ0n) is 11.6. The lowest BCUT2D eigenvalue weighted by molar-refractivity contribution is 0.0599. The molecule has 0 saturated heterocycles. The minimum atomic E-state index is -0.912. The molecular formula is C16H15F2NO2. The number of nitrogens with one attached hydrogen (secondary N) is 1. The van der Waals surface area contributed by atoms with Gasteiger partial charge >= 0.3 is 5.97 Å². The van der Waals surface area contributed by atoms with Gasteiger partial charge in [-0.3, -0.25) is 0 Å². The van der Waals surface area contributed by atoms with Crippen molar-refractivity contribution in [1.29, 1.82) is 0 Å². The van der Waals surface area contributed by atoms with Crippen molar-refractivity contribution in [2.24, 2.45) is 5.92 Å². The highest BCUT2D eigenvalue weighted by Gasteiger charge is 2.26. The lowest BCUT2D eigenvalue weighted by Gasteiger charge is -2.01. The minimum Gasteiger partial charge on any atom is -0.465 e. The fourth-order valence-corrected chi connectivity index (χ4v) is 2.38. The maximum atomic E-state index is 13.3. The Kier molecular flexibility index (Phi) is 3.49. The van der Waals surface area contributed by atoms with Gasteiger partial charge in [-0.1, -0.05) is 0 Å². The van der Waals surface area contributed by atoms with E-state index in [1.54, 1.807) is 6.07 Å². The normalized spacial score (nSPS) is 14.2. The molecule has 21 heavy (non-hydrogen) atoms. The van der Waals surface area contributed by atoms with Crippen molar-refractivity contribution in [3.05, 3.63) is 47.2 Å². The van der Waals surface area contributed by atoms with E-state index in [0.29, 0.717) is 22.7 Å². The van der Waals surface area contributed by atoms with E-state index in [2.05, 4.69) is 4.98 Å². The first kappa shape index (κ1) is 13.8. The first-order chi connectivity index (χ1) is 10.1. The lowest BCUT2D eigenvalue weighted by atomic mass is 10.1. The molecule has 3 rings (SSSR count). The van der Waals surface area contributed by atoms with Gasteiger partial charge in [-0.05, 0) is 49.4 Å². The van der Waals surface area contributed by atoms with Crippen molar-refractivity contribution in [1.82, 2.24) is 4.98 Å². The molecule has 1 aromatic heterocycles. The second-order valence-electron chi connectivity index (χ2n) is 5.34. The summed E-state index contributed by atoms with van der Waals surface area (Å²) in [7, 11) is 1.33. The predicted molar refractivity (Wildman–Crippen MR) is 73.9 cm³/mol. The van der Waals surface area contributed by atoms with Gasteiger partial charge in [0, 0.05) is 17.0 Å². The maximum absolute atomic E-state index is 13.3. The topological polar surface area (TPSA) is 42.1 Å². The molecule has 0 unspecified atom stereocenters. The molecule has 1 N–H and O–H groups in total. The fraction of sp³-hybridized carbons (Fsp3) is 0.312. The van der Waals surface area contributed by atoms with Gasteiger partial charge < -0.3 is 9.72 Å². The zero-order valence-corrected chi connectivity index (χ0v) is 11.6. The van der Waals surface area contributed by atoms with Crippen molar-refractivity contribution in [3.63, 3.8) is 0 Å². The molecule has 1 fully saturated rings. The lowest BCUT2D eigenvalue weighted by Crippen LogP contribution is -2.04. The molecule has 1 aromatic carbocycles. The summed E-state index contributed by atoms with van der Waals surface area (Å²) in [5.41, 5.74) is 2.35.